The van der Waals surface area contributed by atoms with Crippen molar-refractivity contribution in [2.45, 2.75) is 44.2 Å². The van der Waals surface area contributed by atoms with Gasteiger partial charge in [0.05, 0.1) is 0 Å². The van der Waals surface area contributed by atoms with Gasteiger partial charge in [-0.1, -0.05) is 19.3 Å². The number of amides is 2. The summed E-state index contributed by atoms with van der Waals surface area (Å²) in [6, 6.07) is 0.379. The second-order valence-corrected chi connectivity index (χ2v) is 5.08. The predicted octanol–water partition coefficient (Wildman–Crippen LogP) is 0.180. The Hall–Kier alpha value is -1.06. The van der Waals surface area contributed by atoms with Crippen molar-refractivity contribution in [2.75, 3.05) is 0 Å². The highest BCUT2D eigenvalue weighted by atomic mass is 16.2. The molecule has 0 spiro atoms. The smallest absolute Gasteiger partial charge is 0.309 e. The molecule has 2 saturated carbocycles. The molecule has 1 saturated heterocycles. The van der Waals surface area contributed by atoms with Gasteiger partial charge in [0.15, 0.2) is 0 Å². The maximum absolute atomic E-state index is 11.2. The van der Waals surface area contributed by atoms with Crippen LogP contribution in [0.1, 0.15) is 32.1 Å². The van der Waals surface area contributed by atoms with E-state index in [0.29, 0.717) is 0 Å². The van der Waals surface area contributed by atoms with Gasteiger partial charge in [-0.3, -0.25) is 9.59 Å². The quantitative estimate of drug-likeness (QED) is 0.558. The number of nitrogens with one attached hydrogen (secondary N) is 2. The average molecular weight is 208 g/mol. The molecule has 0 aromatic carbocycles. The highest BCUT2D eigenvalue weighted by Crippen LogP contribution is 2.42. The molecule has 82 valence electrons. The largest absolute Gasteiger partial charge is 0.343 e. The molecule has 2 aliphatic carbocycles. The molecule has 2 N–H and O–H groups in total. The van der Waals surface area contributed by atoms with E-state index in [0.717, 1.165) is 24.7 Å². The minimum Gasteiger partial charge on any atom is -0.343 e. The summed E-state index contributed by atoms with van der Waals surface area (Å²) in [5.74, 6) is 0.656. The normalized spacial score (nSPS) is 44.0. The van der Waals surface area contributed by atoms with Crippen molar-refractivity contribution < 1.29 is 9.59 Å². The molecule has 2 amide bonds. The van der Waals surface area contributed by atoms with Crippen molar-refractivity contribution in [3.05, 3.63) is 0 Å². The van der Waals surface area contributed by atoms with Gasteiger partial charge in [0.1, 0.15) is 0 Å². The van der Waals surface area contributed by atoms with Crippen molar-refractivity contribution in [3.8, 4) is 0 Å². The fraction of sp³-hybridized carbons (Fsp3) is 0.818. The van der Waals surface area contributed by atoms with E-state index in [1.54, 1.807) is 0 Å². The summed E-state index contributed by atoms with van der Waals surface area (Å²) in [6.07, 6.45) is 6.04. The van der Waals surface area contributed by atoms with E-state index in [1.165, 1.54) is 19.3 Å². The molecule has 1 heterocycles. The molecule has 4 nitrogen and oxygen atoms in total. The lowest BCUT2D eigenvalue weighted by molar-refractivity contribution is -0.143. The third-order valence-electron chi connectivity index (χ3n) is 4.25. The maximum atomic E-state index is 11.2. The Kier molecular flexibility index (Phi) is 1.97. The van der Waals surface area contributed by atoms with Crippen LogP contribution in [0.3, 0.4) is 0 Å². The lowest BCUT2D eigenvalue weighted by atomic mass is 9.75. The van der Waals surface area contributed by atoms with E-state index in [9.17, 15) is 9.59 Å². The second kappa shape index (κ2) is 3.22. The lowest BCUT2D eigenvalue weighted by Crippen LogP contribution is -2.64. The molecule has 0 bridgehead atoms. The van der Waals surface area contributed by atoms with Crippen molar-refractivity contribution in [2.24, 2.45) is 11.8 Å². The zero-order valence-electron chi connectivity index (χ0n) is 8.66. The molecule has 0 aromatic heterocycles. The van der Waals surface area contributed by atoms with E-state index < -0.39 is 11.8 Å². The van der Waals surface area contributed by atoms with Crippen molar-refractivity contribution in [1.82, 2.24) is 10.6 Å². The standard InChI is InChI=1S/C11H16N2O2/c14-10-11(15)13-9-5-7-3-1-2-6(7)4-8(9)12-10/h6-9H,1-5H2,(H,12,14)(H,13,15). The number of piperazine rings is 1. The zero-order valence-corrected chi connectivity index (χ0v) is 8.66. The van der Waals surface area contributed by atoms with Gasteiger partial charge in [-0.05, 0) is 24.7 Å². The average Bonchev–Trinajstić information content (AvgIpc) is 2.63. The van der Waals surface area contributed by atoms with Gasteiger partial charge in [-0.15, -0.1) is 0 Å². The first-order valence-electron chi connectivity index (χ1n) is 5.85. The van der Waals surface area contributed by atoms with Crippen LogP contribution in [-0.4, -0.2) is 23.9 Å². The zero-order chi connectivity index (χ0) is 10.4. The minimum atomic E-state index is -0.451. The number of hydrogen-bond acceptors (Lipinski definition) is 2. The molecule has 3 rings (SSSR count). The Morgan fingerprint density at radius 2 is 1.33 bits per heavy atom. The summed E-state index contributed by atoms with van der Waals surface area (Å²) in [5, 5.41) is 5.66. The van der Waals surface area contributed by atoms with Crippen LogP contribution in [0.15, 0.2) is 0 Å². The SMILES string of the molecule is O=C1NC2CC3CCCC3CC2NC1=O. The van der Waals surface area contributed by atoms with Gasteiger partial charge < -0.3 is 10.6 Å². The summed E-state index contributed by atoms with van der Waals surface area (Å²) in [6.45, 7) is 0. The van der Waals surface area contributed by atoms with Gasteiger partial charge >= 0.3 is 11.8 Å². The van der Waals surface area contributed by atoms with Crippen LogP contribution in [0.5, 0.6) is 0 Å². The lowest BCUT2D eigenvalue weighted by Gasteiger charge is -2.41. The van der Waals surface area contributed by atoms with Gasteiger partial charge in [-0.2, -0.15) is 0 Å². The first kappa shape index (κ1) is 9.19. The molecule has 4 heteroatoms. The van der Waals surface area contributed by atoms with Crippen LogP contribution in [-0.2, 0) is 9.59 Å². The molecular weight excluding hydrogens is 192 g/mol. The maximum Gasteiger partial charge on any atom is 0.309 e. The monoisotopic (exact) mass is 208 g/mol. The topological polar surface area (TPSA) is 58.2 Å². The Balaban J connectivity index is 1.76. The second-order valence-electron chi connectivity index (χ2n) is 5.08. The van der Waals surface area contributed by atoms with Crippen LogP contribution in [0, 0.1) is 11.8 Å². The van der Waals surface area contributed by atoms with E-state index in [-0.39, 0.29) is 12.1 Å². The first-order chi connectivity index (χ1) is 7.24. The van der Waals surface area contributed by atoms with Crippen molar-refractivity contribution in [1.29, 1.82) is 0 Å². The fourth-order valence-corrected chi connectivity index (χ4v) is 3.50. The highest BCUT2D eigenvalue weighted by molar-refractivity contribution is 6.35. The molecule has 15 heavy (non-hydrogen) atoms. The molecule has 4 unspecified atom stereocenters. The molecular formula is C11H16N2O2. The highest BCUT2D eigenvalue weighted by Gasteiger charge is 2.43. The Bertz CT molecular complexity index is 286. The first-order valence-corrected chi connectivity index (χ1v) is 5.85. The van der Waals surface area contributed by atoms with E-state index in [1.807, 2.05) is 0 Å². The molecule has 4 atom stereocenters. The summed E-state index contributed by atoms with van der Waals surface area (Å²) in [4.78, 5) is 22.4. The number of carbonyl (C=O) groups is 2. The van der Waals surface area contributed by atoms with Crippen LogP contribution in [0.4, 0.5) is 0 Å². The number of hydrogen-bond donors (Lipinski definition) is 2. The predicted molar refractivity (Wildman–Crippen MR) is 53.9 cm³/mol. The van der Waals surface area contributed by atoms with Gasteiger partial charge in [0.25, 0.3) is 0 Å². The van der Waals surface area contributed by atoms with Crippen LogP contribution >= 0.6 is 0 Å². The number of carbonyl (C=O) groups excluding carboxylic acids is 2. The third kappa shape index (κ3) is 1.43. The third-order valence-corrected chi connectivity index (χ3v) is 4.25. The summed E-state index contributed by atoms with van der Waals surface area (Å²) in [7, 11) is 0. The van der Waals surface area contributed by atoms with Crippen LogP contribution in [0.2, 0.25) is 0 Å². The van der Waals surface area contributed by atoms with Crippen LogP contribution < -0.4 is 10.6 Å². The van der Waals surface area contributed by atoms with Gasteiger partial charge in [0, 0.05) is 12.1 Å². The van der Waals surface area contributed by atoms with Crippen molar-refractivity contribution >= 4 is 11.8 Å². The summed E-state index contributed by atoms with van der Waals surface area (Å²) < 4.78 is 0. The molecule has 1 aliphatic heterocycles. The Labute approximate surface area is 88.8 Å². The van der Waals surface area contributed by atoms with Crippen LogP contribution in [0.25, 0.3) is 0 Å². The molecule has 3 aliphatic rings. The van der Waals surface area contributed by atoms with Gasteiger partial charge in [-0.25, -0.2) is 0 Å². The Morgan fingerprint density at radius 1 is 0.867 bits per heavy atom. The number of rotatable bonds is 0. The molecule has 0 aromatic rings. The summed E-state index contributed by atoms with van der Waals surface area (Å²) >= 11 is 0. The molecule has 3 fully saturated rings. The minimum absolute atomic E-state index is 0.189. The molecule has 0 radical (unpaired) electrons. The van der Waals surface area contributed by atoms with E-state index in [2.05, 4.69) is 10.6 Å². The number of fused-ring (bicyclic) bond motifs is 2. The summed E-state index contributed by atoms with van der Waals surface area (Å²) in [5.41, 5.74) is 0. The Morgan fingerprint density at radius 3 is 1.80 bits per heavy atom. The van der Waals surface area contributed by atoms with Crippen molar-refractivity contribution in [3.63, 3.8) is 0 Å². The van der Waals surface area contributed by atoms with Gasteiger partial charge in [0.2, 0.25) is 0 Å². The fourth-order valence-electron chi connectivity index (χ4n) is 3.50. The van der Waals surface area contributed by atoms with E-state index in [4.69, 9.17) is 0 Å². The van der Waals surface area contributed by atoms with E-state index >= 15 is 0 Å².